The molecule has 0 unspecified atom stereocenters. The second-order valence-corrected chi connectivity index (χ2v) is 6.31. The molecule has 1 aliphatic carbocycles. The summed E-state index contributed by atoms with van der Waals surface area (Å²) in [6.07, 6.45) is 2.50. The van der Waals surface area contributed by atoms with E-state index in [1.54, 1.807) is 0 Å². The smallest absolute Gasteiger partial charge is 0.467 e. The lowest BCUT2D eigenvalue weighted by atomic mass is 9.85. The zero-order chi connectivity index (χ0) is 15.4. The second-order valence-electron chi connectivity index (χ2n) is 4.75. The molecule has 0 aliphatic heterocycles. The SMILES string of the molecule is COC(=O)[C@H](CC1CCCCC1)OS(=O)(=O)C(F)(F)F. The molecule has 0 heterocycles. The van der Waals surface area contributed by atoms with Gasteiger partial charge in [-0.1, -0.05) is 32.1 Å². The predicted molar refractivity (Wildman–Crippen MR) is 63.1 cm³/mol. The van der Waals surface area contributed by atoms with E-state index < -0.39 is 27.7 Å². The fraction of sp³-hybridized carbons (Fsp3) is 0.909. The van der Waals surface area contributed by atoms with Gasteiger partial charge in [0.1, 0.15) is 0 Å². The Kier molecular flexibility index (Phi) is 5.81. The van der Waals surface area contributed by atoms with Gasteiger partial charge >= 0.3 is 21.6 Å². The maximum atomic E-state index is 12.3. The molecule has 0 aromatic heterocycles. The Balaban J connectivity index is 2.77. The van der Waals surface area contributed by atoms with E-state index in [0.29, 0.717) is 0 Å². The fourth-order valence-corrected chi connectivity index (χ4v) is 2.81. The van der Waals surface area contributed by atoms with E-state index in [-0.39, 0.29) is 12.3 Å². The molecule has 20 heavy (non-hydrogen) atoms. The van der Waals surface area contributed by atoms with Gasteiger partial charge in [-0.2, -0.15) is 21.6 Å². The summed E-state index contributed by atoms with van der Waals surface area (Å²) in [7, 11) is -4.83. The highest BCUT2D eigenvalue weighted by Crippen LogP contribution is 2.31. The van der Waals surface area contributed by atoms with Crippen LogP contribution in [0.15, 0.2) is 0 Å². The Hall–Kier alpha value is -0.830. The molecule has 0 saturated heterocycles. The van der Waals surface area contributed by atoms with Gasteiger partial charge in [0.2, 0.25) is 0 Å². The van der Waals surface area contributed by atoms with Gasteiger partial charge < -0.3 is 4.74 Å². The van der Waals surface area contributed by atoms with Gasteiger partial charge in [-0.3, -0.25) is 0 Å². The van der Waals surface area contributed by atoms with Crippen molar-refractivity contribution in [2.24, 2.45) is 5.92 Å². The van der Waals surface area contributed by atoms with Crippen molar-refractivity contribution >= 4 is 16.1 Å². The number of hydrogen-bond acceptors (Lipinski definition) is 5. The molecular formula is C11H17F3O5S. The first-order valence-corrected chi connectivity index (χ1v) is 7.65. The van der Waals surface area contributed by atoms with Crippen molar-refractivity contribution in [3.05, 3.63) is 0 Å². The van der Waals surface area contributed by atoms with E-state index >= 15 is 0 Å². The number of esters is 1. The highest BCUT2D eigenvalue weighted by Gasteiger charge is 2.49. The van der Waals surface area contributed by atoms with Crippen LogP contribution in [0.1, 0.15) is 38.5 Å². The zero-order valence-electron chi connectivity index (χ0n) is 11.0. The molecule has 5 nitrogen and oxygen atoms in total. The van der Waals surface area contributed by atoms with Gasteiger partial charge in [0.05, 0.1) is 7.11 Å². The fourth-order valence-electron chi connectivity index (χ4n) is 2.24. The minimum absolute atomic E-state index is 0.0312. The molecule has 9 heteroatoms. The Labute approximate surface area is 115 Å². The lowest BCUT2D eigenvalue weighted by Crippen LogP contribution is -2.36. The number of halogens is 3. The highest BCUT2D eigenvalue weighted by molar-refractivity contribution is 7.87. The van der Waals surface area contributed by atoms with Gasteiger partial charge in [-0.25, -0.2) is 8.98 Å². The van der Waals surface area contributed by atoms with Crippen molar-refractivity contribution in [2.75, 3.05) is 7.11 Å². The summed E-state index contributed by atoms with van der Waals surface area (Å²) < 4.78 is 67.1. The molecule has 0 bridgehead atoms. The average Bonchev–Trinajstić information content (AvgIpc) is 2.36. The van der Waals surface area contributed by atoms with Crippen molar-refractivity contribution in [3.63, 3.8) is 0 Å². The van der Waals surface area contributed by atoms with Crippen molar-refractivity contribution in [1.29, 1.82) is 0 Å². The van der Waals surface area contributed by atoms with Crippen molar-refractivity contribution in [1.82, 2.24) is 0 Å². The molecule has 0 aromatic carbocycles. The molecule has 1 rings (SSSR count). The van der Waals surface area contributed by atoms with Crippen LogP contribution < -0.4 is 0 Å². The summed E-state index contributed by atoms with van der Waals surface area (Å²) >= 11 is 0. The van der Waals surface area contributed by atoms with Crippen LogP contribution in [0.3, 0.4) is 0 Å². The first kappa shape index (κ1) is 17.2. The molecule has 0 aromatic rings. The molecule has 118 valence electrons. The molecule has 0 amide bonds. The minimum Gasteiger partial charge on any atom is -0.467 e. The van der Waals surface area contributed by atoms with Crippen LogP contribution in [-0.2, 0) is 23.8 Å². The first-order chi connectivity index (χ1) is 9.17. The quantitative estimate of drug-likeness (QED) is 0.442. The second kappa shape index (κ2) is 6.75. The highest BCUT2D eigenvalue weighted by atomic mass is 32.2. The van der Waals surface area contributed by atoms with Gasteiger partial charge in [0.15, 0.2) is 6.10 Å². The summed E-state index contributed by atoms with van der Waals surface area (Å²) in [6.45, 7) is 0. The summed E-state index contributed by atoms with van der Waals surface area (Å²) in [5.74, 6) is -1.14. The predicted octanol–water partition coefficient (Wildman–Crippen LogP) is 2.36. The molecule has 1 fully saturated rings. The Morgan fingerprint density at radius 1 is 1.25 bits per heavy atom. The number of ether oxygens (including phenoxy) is 1. The molecule has 1 saturated carbocycles. The van der Waals surface area contributed by atoms with Gasteiger partial charge in [0, 0.05) is 0 Å². The number of carbonyl (C=O) groups is 1. The summed E-state index contributed by atoms with van der Waals surface area (Å²) in [5.41, 5.74) is -5.55. The van der Waals surface area contributed by atoms with Crippen molar-refractivity contribution in [2.45, 2.75) is 50.1 Å². The van der Waals surface area contributed by atoms with E-state index in [1.807, 2.05) is 0 Å². The van der Waals surface area contributed by atoms with E-state index in [4.69, 9.17) is 0 Å². The number of methoxy groups -OCH3 is 1. The lowest BCUT2D eigenvalue weighted by molar-refractivity contribution is -0.150. The molecule has 0 radical (unpaired) electrons. The van der Waals surface area contributed by atoms with Crippen LogP contribution in [0.2, 0.25) is 0 Å². The third-order valence-electron chi connectivity index (χ3n) is 3.26. The van der Waals surface area contributed by atoms with Crippen molar-refractivity contribution in [3.8, 4) is 0 Å². The van der Waals surface area contributed by atoms with Crippen LogP contribution >= 0.6 is 0 Å². The lowest BCUT2D eigenvalue weighted by Gasteiger charge is -2.25. The molecule has 1 aliphatic rings. The largest absolute Gasteiger partial charge is 0.523 e. The average molecular weight is 318 g/mol. The van der Waals surface area contributed by atoms with Gasteiger partial charge in [-0.15, -0.1) is 0 Å². The number of carbonyl (C=O) groups excluding carboxylic acids is 1. The Bertz CT molecular complexity index is 426. The van der Waals surface area contributed by atoms with Crippen LogP contribution in [0.25, 0.3) is 0 Å². The van der Waals surface area contributed by atoms with Crippen LogP contribution in [0.5, 0.6) is 0 Å². The molecule has 0 N–H and O–H groups in total. The maximum Gasteiger partial charge on any atom is 0.523 e. The van der Waals surface area contributed by atoms with Crippen LogP contribution in [-0.4, -0.2) is 33.1 Å². The molecule has 0 spiro atoms. The normalized spacial score (nSPS) is 19.6. The monoisotopic (exact) mass is 318 g/mol. The van der Waals surface area contributed by atoms with Gasteiger partial charge in [-0.05, 0) is 12.3 Å². The third-order valence-corrected chi connectivity index (χ3v) is 4.32. The molecular weight excluding hydrogens is 301 g/mol. The summed E-state index contributed by atoms with van der Waals surface area (Å²) in [6, 6.07) is 0. The number of hydrogen-bond donors (Lipinski definition) is 0. The Morgan fingerprint density at radius 2 is 1.80 bits per heavy atom. The van der Waals surface area contributed by atoms with E-state index in [0.717, 1.165) is 39.2 Å². The molecule has 1 atom stereocenters. The van der Waals surface area contributed by atoms with Crippen LogP contribution in [0.4, 0.5) is 13.2 Å². The third kappa shape index (κ3) is 4.62. The van der Waals surface area contributed by atoms with Crippen LogP contribution in [0, 0.1) is 5.92 Å². The maximum absolute atomic E-state index is 12.3. The van der Waals surface area contributed by atoms with Gasteiger partial charge in [0.25, 0.3) is 0 Å². The summed E-state index contributed by atoms with van der Waals surface area (Å²) in [4.78, 5) is 11.4. The summed E-state index contributed by atoms with van der Waals surface area (Å²) in [5, 5.41) is 0. The van der Waals surface area contributed by atoms with Crippen molar-refractivity contribution < 1.29 is 35.3 Å². The van der Waals surface area contributed by atoms with E-state index in [9.17, 15) is 26.4 Å². The van der Waals surface area contributed by atoms with E-state index in [2.05, 4.69) is 8.92 Å². The standard InChI is InChI=1S/C11H17F3O5S/c1-18-10(15)9(7-8-5-3-2-4-6-8)19-20(16,17)11(12,13)14/h8-9H,2-7H2,1H3/t9-/m0/s1. The van der Waals surface area contributed by atoms with E-state index in [1.165, 1.54) is 0 Å². The zero-order valence-corrected chi connectivity index (χ0v) is 11.8. The number of alkyl halides is 3. The topological polar surface area (TPSA) is 69.7 Å². The number of rotatable bonds is 5. The Morgan fingerprint density at radius 3 is 2.25 bits per heavy atom. The minimum atomic E-state index is -5.80. The first-order valence-electron chi connectivity index (χ1n) is 6.24.